The summed E-state index contributed by atoms with van der Waals surface area (Å²) in [6.45, 7) is 37.6. The van der Waals surface area contributed by atoms with Gasteiger partial charge in [-0.1, -0.05) is 89.0 Å². The molecule has 69 heavy (non-hydrogen) atoms. The van der Waals surface area contributed by atoms with Gasteiger partial charge in [-0.3, -0.25) is 0 Å². The van der Waals surface area contributed by atoms with Crippen LogP contribution >= 0.6 is 0 Å². The van der Waals surface area contributed by atoms with E-state index in [-0.39, 0.29) is 73.0 Å². The third kappa shape index (κ3) is 43.5. The van der Waals surface area contributed by atoms with Crippen molar-refractivity contribution in [3.63, 3.8) is 0 Å². The van der Waals surface area contributed by atoms with Crippen LogP contribution in [0.15, 0.2) is 0 Å². The molecule has 0 aromatic heterocycles. The van der Waals surface area contributed by atoms with E-state index in [1.54, 1.807) is 0 Å². The van der Waals surface area contributed by atoms with Crippen molar-refractivity contribution in [2.75, 3.05) is 106 Å². The fraction of sp³-hybridized carbons (Fsp3) is 1.00. The quantitative estimate of drug-likeness (QED) is 0.0466. The monoisotopic (exact) mass is 999 g/mol. The lowest BCUT2D eigenvalue weighted by Gasteiger charge is -2.25. The van der Waals surface area contributed by atoms with Crippen LogP contribution in [0.4, 0.5) is 0 Å². The van der Waals surface area contributed by atoms with Crippen molar-refractivity contribution in [3.05, 3.63) is 0 Å². The molecule has 0 bridgehead atoms. The van der Waals surface area contributed by atoms with Crippen molar-refractivity contribution >= 4 is 0 Å². The van der Waals surface area contributed by atoms with Gasteiger partial charge in [0, 0.05) is 37.4 Å². The van der Waals surface area contributed by atoms with Crippen LogP contribution in [0.3, 0.4) is 0 Å². The average molecular weight is 1000 g/mol. The number of ether oxygens (including phenoxy) is 12. The second kappa shape index (κ2) is 48.3. The molecule has 0 saturated heterocycles. The zero-order valence-electron chi connectivity index (χ0n) is 47.0. The van der Waals surface area contributed by atoms with Gasteiger partial charge in [0.25, 0.3) is 0 Å². The van der Waals surface area contributed by atoms with Gasteiger partial charge >= 0.3 is 0 Å². The van der Waals surface area contributed by atoms with E-state index in [0.29, 0.717) is 104 Å². The van der Waals surface area contributed by atoms with Gasteiger partial charge in [0.2, 0.25) is 0 Å². The van der Waals surface area contributed by atoms with E-state index in [2.05, 4.69) is 62.3 Å². The standard InChI is InChI=1S/C28H60N2O6.C25H54N2O6/c1-8-22(7)14-33-25(11-4)17-31-19-28(36-21-27(13-6)35-16-24(30)10-3)20-32-18-26(12-5)34-15-23(29)9-2;1-8-19(4)11-30-20(5)12-28-17-25(33-14-22(7)32-16-24(27)10-3)18-29-13-21(6)31-15-23(26)9-2/h22-28H,8-21,29-30H2,1-7H3;19-25H,8-18,26-27H2,1-7H3. The minimum atomic E-state index is -0.206. The van der Waals surface area contributed by atoms with E-state index in [1.807, 2.05) is 34.6 Å². The molecule has 0 heterocycles. The third-order valence-corrected chi connectivity index (χ3v) is 12.0. The maximum Gasteiger partial charge on any atom is 0.104 e. The average Bonchev–Trinajstić information content (AvgIpc) is 3.36. The Hall–Kier alpha value is -0.640. The summed E-state index contributed by atoms with van der Waals surface area (Å²) in [6, 6.07) is 0.219. The summed E-state index contributed by atoms with van der Waals surface area (Å²) >= 11 is 0. The molecule has 0 radical (unpaired) electrons. The van der Waals surface area contributed by atoms with Gasteiger partial charge in [-0.15, -0.1) is 0 Å². The van der Waals surface area contributed by atoms with Crippen LogP contribution < -0.4 is 22.9 Å². The van der Waals surface area contributed by atoms with Crippen molar-refractivity contribution in [1.82, 2.24) is 0 Å². The molecule has 0 aliphatic heterocycles. The van der Waals surface area contributed by atoms with E-state index >= 15 is 0 Å². The molecule has 16 nitrogen and oxygen atoms in total. The molecule has 0 aromatic rings. The Balaban J connectivity index is 0. The molecule has 418 valence electrons. The fourth-order valence-electron chi connectivity index (χ4n) is 5.62. The highest BCUT2D eigenvalue weighted by Crippen LogP contribution is 2.11. The first-order valence-corrected chi connectivity index (χ1v) is 27.3. The Morgan fingerprint density at radius 1 is 0.232 bits per heavy atom. The number of rotatable bonds is 49. The molecule has 0 aliphatic rings. The molecule has 8 N–H and O–H groups in total. The van der Waals surface area contributed by atoms with E-state index < -0.39 is 0 Å². The second-order valence-corrected chi connectivity index (χ2v) is 19.3. The SMILES string of the molecule is CCC(C)COC(C)COCC(COCC(C)OCC(N)CC)OCC(C)OCC(N)CC.CCC(C)COC(CC)COCC(COCC(CC)OCC(N)CC)OCC(CC)OCC(N)CC. The number of hydrogen-bond acceptors (Lipinski definition) is 16. The van der Waals surface area contributed by atoms with Gasteiger partial charge in [0.05, 0.1) is 129 Å². The number of hydrogen-bond donors (Lipinski definition) is 4. The molecular formula is C53H114N4O12. The molecule has 0 saturated carbocycles. The van der Waals surface area contributed by atoms with Crippen LogP contribution in [0, 0.1) is 11.8 Å². The van der Waals surface area contributed by atoms with Crippen molar-refractivity contribution in [1.29, 1.82) is 0 Å². The van der Waals surface area contributed by atoms with E-state index in [0.717, 1.165) is 71.0 Å². The summed E-state index contributed by atoms with van der Waals surface area (Å²) in [5, 5.41) is 0. The predicted octanol–water partition coefficient (Wildman–Crippen LogP) is 7.45. The Kier molecular flexibility index (Phi) is 49.3. The first-order chi connectivity index (χ1) is 33.0. The third-order valence-electron chi connectivity index (χ3n) is 12.0. The highest BCUT2D eigenvalue weighted by Gasteiger charge is 2.20. The van der Waals surface area contributed by atoms with Gasteiger partial charge in [0.1, 0.15) is 12.2 Å². The summed E-state index contributed by atoms with van der Waals surface area (Å²) in [4.78, 5) is 0. The van der Waals surface area contributed by atoms with Crippen molar-refractivity contribution in [2.45, 2.75) is 228 Å². The second-order valence-electron chi connectivity index (χ2n) is 19.3. The van der Waals surface area contributed by atoms with Crippen molar-refractivity contribution in [2.24, 2.45) is 34.8 Å². The van der Waals surface area contributed by atoms with Crippen LogP contribution in [0.1, 0.15) is 155 Å². The first kappa shape index (κ1) is 70.4. The number of nitrogens with two attached hydrogens (primary N) is 4. The van der Waals surface area contributed by atoms with E-state index in [1.165, 1.54) is 0 Å². The summed E-state index contributed by atoms with van der Waals surface area (Å²) in [5.74, 6) is 1.10. The Morgan fingerprint density at radius 3 is 0.826 bits per heavy atom. The molecule has 16 heteroatoms. The van der Waals surface area contributed by atoms with Gasteiger partial charge in [-0.05, 0) is 77.6 Å². The van der Waals surface area contributed by atoms with Crippen LogP contribution in [0.2, 0.25) is 0 Å². The summed E-state index contributed by atoms with van der Waals surface area (Å²) in [6.07, 6.45) is 8.07. The Bertz CT molecular complexity index is 1010. The van der Waals surface area contributed by atoms with Crippen LogP contribution in [0.5, 0.6) is 0 Å². The summed E-state index contributed by atoms with van der Waals surface area (Å²) in [5.41, 5.74) is 23.8. The van der Waals surface area contributed by atoms with Gasteiger partial charge in [-0.25, -0.2) is 0 Å². The molecule has 0 aromatic carbocycles. The molecule has 14 atom stereocenters. The normalized spacial score (nSPS) is 18.2. The smallest absolute Gasteiger partial charge is 0.104 e. The van der Waals surface area contributed by atoms with Crippen LogP contribution in [0.25, 0.3) is 0 Å². The lowest BCUT2D eigenvalue weighted by molar-refractivity contribution is -0.115. The van der Waals surface area contributed by atoms with Crippen molar-refractivity contribution < 1.29 is 56.8 Å². The van der Waals surface area contributed by atoms with Crippen LogP contribution in [-0.2, 0) is 56.8 Å². The lowest BCUT2D eigenvalue weighted by atomic mass is 10.1. The largest absolute Gasteiger partial charge is 0.376 e. The minimum Gasteiger partial charge on any atom is -0.376 e. The highest BCUT2D eigenvalue weighted by molar-refractivity contribution is 4.67. The van der Waals surface area contributed by atoms with E-state index in [4.69, 9.17) is 79.8 Å². The molecule has 0 aliphatic carbocycles. The van der Waals surface area contributed by atoms with Crippen LogP contribution in [-0.4, -0.2) is 179 Å². The summed E-state index contributed by atoms with van der Waals surface area (Å²) < 4.78 is 71.3. The first-order valence-electron chi connectivity index (χ1n) is 27.3. The molecule has 0 spiro atoms. The maximum absolute atomic E-state index is 6.21. The Labute approximate surface area is 423 Å². The zero-order valence-corrected chi connectivity index (χ0v) is 47.0. The topological polar surface area (TPSA) is 215 Å². The lowest BCUT2D eigenvalue weighted by Crippen LogP contribution is -2.35. The Morgan fingerprint density at radius 2 is 0.478 bits per heavy atom. The molecule has 14 unspecified atom stereocenters. The minimum absolute atomic E-state index is 0.00499. The van der Waals surface area contributed by atoms with Crippen molar-refractivity contribution in [3.8, 4) is 0 Å². The zero-order chi connectivity index (χ0) is 52.2. The molecule has 0 amide bonds. The van der Waals surface area contributed by atoms with Gasteiger partial charge < -0.3 is 79.8 Å². The highest BCUT2D eigenvalue weighted by atomic mass is 16.6. The van der Waals surface area contributed by atoms with Gasteiger partial charge in [0.15, 0.2) is 0 Å². The molecular weight excluding hydrogens is 885 g/mol. The molecule has 0 rings (SSSR count). The maximum atomic E-state index is 6.21. The predicted molar refractivity (Wildman–Crippen MR) is 281 cm³/mol. The fourth-order valence-corrected chi connectivity index (χ4v) is 5.62. The summed E-state index contributed by atoms with van der Waals surface area (Å²) in [7, 11) is 0. The van der Waals surface area contributed by atoms with E-state index in [9.17, 15) is 0 Å². The van der Waals surface area contributed by atoms with Gasteiger partial charge in [-0.2, -0.15) is 0 Å². The molecule has 0 fully saturated rings.